The maximum atomic E-state index is 9.22. The molecule has 0 aromatic carbocycles. The summed E-state index contributed by atoms with van der Waals surface area (Å²) < 4.78 is 0. The third-order valence-electron chi connectivity index (χ3n) is 3.44. The summed E-state index contributed by atoms with van der Waals surface area (Å²) in [7, 11) is 0. The Morgan fingerprint density at radius 1 is 1.44 bits per heavy atom. The maximum absolute atomic E-state index is 9.22. The van der Waals surface area contributed by atoms with Gasteiger partial charge in [-0.15, -0.1) is 12.3 Å². The monoisotopic (exact) mass is 211 g/mol. The van der Waals surface area contributed by atoms with Gasteiger partial charge in [-0.3, -0.25) is 0 Å². The Kier molecular flexibility index (Phi) is 2.69. The first kappa shape index (κ1) is 10.7. The summed E-state index contributed by atoms with van der Waals surface area (Å²) in [5, 5.41) is 21.9. The van der Waals surface area contributed by atoms with Gasteiger partial charge in [-0.25, -0.2) is 0 Å². The van der Waals surface area contributed by atoms with Crippen LogP contribution in [0.15, 0.2) is 11.6 Å². The van der Waals surface area contributed by atoms with Crippen molar-refractivity contribution in [2.45, 2.75) is 37.8 Å². The average Bonchev–Trinajstić information content (AvgIpc) is 2.65. The Balaban J connectivity index is 2.33. The summed E-state index contributed by atoms with van der Waals surface area (Å²) in [5.74, 6) is 2.45. The van der Waals surface area contributed by atoms with Gasteiger partial charge in [-0.05, 0) is 24.8 Å². The molecular weight excluding hydrogens is 198 g/mol. The number of rotatable bonds is 2. The maximum Gasteiger partial charge on any atom is 0.175 e. The minimum Gasteiger partial charge on any atom is -0.307 e. The van der Waals surface area contributed by atoms with Gasteiger partial charge in [0.25, 0.3) is 0 Å². The van der Waals surface area contributed by atoms with Gasteiger partial charge < -0.3 is 5.32 Å². The molecule has 1 N–H and O–H groups in total. The standard InChI is InChI=1S/C13H13N3/c1-2-5-13(8-14,9-15)10-6-11-3-4-12(7-10)16-11/h1,6,11-12,16H,3-5,7H2. The molecule has 2 bridgehead atoms. The zero-order valence-electron chi connectivity index (χ0n) is 9.03. The van der Waals surface area contributed by atoms with Crippen molar-refractivity contribution in [2.75, 3.05) is 0 Å². The molecule has 2 atom stereocenters. The molecule has 3 heteroatoms. The SMILES string of the molecule is C#CCC(C#N)(C#N)C1=CC2CCC(C1)N2. The summed E-state index contributed by atoms with van der Waals surface area (Å²) in [6.07, 6.45) is 10.5. The third kappa shape index (κ3) is 1.58. The van der Waals surface area contributed by atoms with E-state index in [0.29, 0.717) is 12.1 Å². The summed E-state index contributed by atoms with van der Waals surface area (Å²) in [6, 6.07) is 4.96. The number of nitrogens with one attached hydrogen (secondary N) is 1. The molecule has 2 aliphatic heterocycles. The molecular formula is C13H13N3. The van der Waals surface area contributed by atoms with E-state index in [1.165, 1.54) is 0 Å². The molecule has 2 rings (SSSR count). The van der Waals surface area contributed by atoms with E-state index in [1.807, 2.05) is 6.08 Å². The normalized spacial score (nSPS) is 27.4. The summed E-state index contributed by atoms with van der Waals surface area (Å²) in [5.41, 5.74) is -0.181. The zero-order valence-corrected chi connectivity index (χ0v) is 9.03. The molecule has 80 valence electrons. The molecule has 0 aliphatic carbocycles. The molecule has 0 aromatic heterocycles. The molecule has 0 radical (unpaired) electrons. The van der Waals surface area contributed by atoms with Crippen LogP contribution in [0.25, 0.3) is 0 Å². The Morgan fingerprint density at radius 3 is 2.75 bits per heavy atom. The van der Waals surface area contributed by atoms with E-state index < -0.39 is 5.41 Å². The van der Waals surface area contributed by atoms with Crippen molar-refractivity contribution >= 4 is 0 Å². The third-order valence-corrected chi connectivity index (χ3v) is 3.44. The second-order valence-electron chi connectivity index (χ2n) is 4.45. The van der Waals surface area contributed by atoms with Crippen molar-refractivity contribution in [3.05, 3.63) is 11.6 Å². The smallest absolute Gasteiger partial charge is 0.175 e. The molecule has 0 aromatic rings. The van der Waals surface area contributed by atoms with Gasteiger partial charge in [0.1, 0.15) is 0 Å². The molecule has 0 saturated carbocycles. The number of nitriles is 2. The Labute approximate surface area is 95.8 Å². The van der Waals surface area contributed by atoms with E-state index in [1.54, 1.807) is 0 Å². The minimum atomic E-state index is -1.10. The molecule has 2 aliphatic rings. The fraction of sp³-hybridized carbons (Fsp3) is 0.538. The quantitative estimate of drug-likeness (QED) is 0.556. The fourth-order valence-electron chi connectivity index (χ4n) is 2.55. The summed E-state index contributed by atoms with van der Waals surface area (Å²) >= 11 is 0. The first-order chi connectivity index (χ1) is 7.74. The Morgan fingerprint density at radius 2 is 2.19 bits per heavy atom. The first-order valence-corrected chi connectivity index (χ1v) is 5.47. The van der Waals surface area contributed by atoms with Crippen LogP contribution in [-0.2, 0) is 0 Å². The first-order valence-electron chi connectivity index (χ1n) is 5.47. The fourth-order valence-corrected chi connectivity index (χ4v) is 2.55. The van der Waals surface area contributed by atoms with Crippen molar-refractivity contribution in [1.82, 2.24) is 5.32 Å². The topological polar surface area (TPSA) is 59.6 Å². The van der Waals surface area contributed by atoms with Crippen LogP contribution >= 0.6 is 0 Å². The molecule has 2 heterocycles. The van der Waals surface area contributed by atoms with Crippen LogP contribution in [0.1, 0.15) is 25.7 Å². The highest BCUT2D eigenvalue weighted by atomic mass is 15.0. The highest BCUT2D eigenvalue weighted by Gasteiger charge is 2.39. The van der Waals surface area contributed by atoms with Crippen LogP contribution in [0.2, 0.25) is 0 Å². The van der Waals surface area contributed by atoms with Crippen LogP contribution in [0.3, 0.4) is 0 Å². The minimum absolute atomic E-state index is 0.186. The molecule has 1 saturated heterocycles. The van der Waals surface area contributed by atoms with Gasteiger partial charge in [0.05, 0.1) is 12.1 Å². The second kappa shape index (κ2) is 4.01. The lowest BCUT2D eigenvalue weighted by Gasteiger charge is -2.27. The number of hydrogen-bond acceptors (Lipinski definition) is 3. The largest absolute Gasteiger partial charge is 0.307 e. The molecule has 3 nitrogen and oxygen atoms in total. The predicted molar refractivity (Wildman–Crippen MR) is 59.8 cm³/mol. The molecule has 2 unspecified atom stereocenters. The van der Waals surface area contributed by atoms with Gasteiger partial charge in [0.2, 0.25) is 0 Å². The van der Waals surface area contributed by atoms with Gasteiger partial charge in [-0.1, -0.05) is 6.08 Å². The van der Waals surface area contributed by atoms with Gasteiger partial charge in [-0.2, -0.15) is 10.5 Å². The van der Waals surface area contributed by atoms with E-state index in [9.17, 15) is 10.5 Å². The van der Waals surface area contributed by atoms with Crippen LogP contribution in [-0.4, -0.2) is 12.1 Å². The van der Waals surface area contributed by atoms with Crippen LogP contribution < -0.4 is 5.32 Å². The highest BCUT2D eigenvalue weighted by Crippen LogP contribution is 2.38. The summed E-state index contributed by atoms with van der Waals surface area (Å²) in [6.45, 7) is 0. The van der Waals surface area contributed by atoms with E-state index in [0.717, 1.165) is 24.8 Å². The van der Waals surface area contributed by atoms with E-state index in [4.69, 9.17) is 6.42 Å². The van der Waals surface area contributed by atoms with Crippen LogP contribution in [0.5, 0.6) is 0 Å². The molecule has 16 heavy (non-hydrogen) atoms. The lowest BCUT2D eigenvalue weighted by molar-refractivity contribution is 0.489. The molecule has 0 spiro atoms. The molecule has 1 fully saturated rings. The van der Waals surface area contributed by atoms with Crippen molar-refractivity contribution in [1.29, 1.82) is 10.5 Å². The predicted octanol–water partition coefficient (Wildman–Crippen LogP) is 1.49. The lowest BCUT2D eigenvalue weighted by atomic mass is 9.76. The van der Waals surface area contributed by atoms with Gasteiger partial charge in [0.15, 0.2) is 5.41 Å². The number of nitrogens with zero attached hydrogens (tertiary/aromatic N) is 2. The van der Waals surface area contributed by atoms with E-state index >= 15 is 0 Å². The number of fused-ring (bicyclic) bond motifs is 2. The lowest BCUT2D eigenvalue weighted by Crippen LogP contribution is -2.36. The van der Waals surface area contributed by atoms with Crippen molar-refractivity contribution in [3.63, 3.8) is 0 Å². The average molecular weight is 211 g/mol. The number of hydrogen-bond donors (Lipinski definition) is 1. The van der Waals surface area contributed by atoms with Crippen molar-refractivity contribution < 1.29 is 0 Å². The van der Waals surface area contributed by atoms with Gasteiger partial charge >= 0.3 is 0 Å². The van der Waals surface area contributed by atoms with E-state index in [2.05, 4.69) is 23.4 Å². The van der Waals surface area contributed by atoms with Crippen LogP contribution in [0.4, 0.5) is 0 Å². The molecule has 0 amide bonds. The highest BCUT2D eigenvalue weighted by molar-refractivity contribution is 5.38. The Hall–Kier alpha value is -1.76. The Bertz CT molecular complexity index is 427. The van der Waals surface area contributed by atoms with Crippen molar-refractivity contribution in [2.24, 2.45) is 5.41 Å². The zero-order chi connectivity index (χ0) is 11.6. The van der Waals surface area contributed by atoms with Crippen LogP contribution in [0, 0.1) is 40.4 Å². The van der Waals surface area contributed by atoms with Crippen molar-refractivity contribution in [3.8, 4) is 24.5 Å². The summed E-state index contributed by atoms with van der Waals surface area (Å²) in [4.78, 5) is 0. The second-order valence-corrected chi connectivity index (χ2v) is 4.45. The van der Waals surface area contributed by atoms with Gasteiger partial charge in [0, 0.05) is 18.5 Å². The van der Waals surface area contributed by atoms with E-state index in [-0.39, 0.29) is 6.42 Å². The number of terminal acetylenes is 1.